The average molecular weight is 308 g/mol. The number of nitrogens with zero attached hydrogens (tertiary/aromatic N) is 1. The van der Waals surface area contributed by atoms with Crippen molar-refractivity contribution in [3.05, 3.63) is 29.8 Å². The molecular weight excluding hydrogens is 284 g/mol. The number of benzene rings is 1. The van der Waals surface area contributed by atoms with Gasteiger partial charge < -0.3 is 20.1 Å². The third-order valence-electron chi connectivity index (χ3n) is 3.83. The van der Waals surface area contributed by atoms with Crippen molar-refractivity contribution in [3.63, 3.8) is 0 Å². The molecule has 4 nitrogen and oxygen atoms in total. The zero-order chi connectivity index (χ0) is 15.7. The van der Waals surface area contributed by atoms with E-state index >= 15 is 0 Å². The van der Waals surface area contributed by atoms with E-state index in [9.17, 15) is 5.11 Å². The van der Waals surface area contributed by atoms with Crippen LogP contribution >= 0.6 is 12.2 Å². The van der Waals surface area contributed by atoms with Gasteiger partial charge in [0, 0.05) is 18.5 Å². The monoisotopic (exact) mass is 308 g/mol. The van der Waals surface area contributed by atoms with Crippen LogP contribution in [0.5, 0.6) is 5.75 Å². The summed E-state index contributed by atoms with van der Waals surface area (Å²) in [6.45, 7) is 6.61. The summed E-state index contributed by atoms with van der Waals surface area (Å²) >= 11 is 5.41. The first-order valence-corrected chi connectivity index (χ1v) is 7.59. The fourth-order valence-electron chi connectivity index (χ4n) is 2.93. The molecule has 0 spiro atoms. The summed E-state index contributed by atoms with van der Waals surface area (Å²) in [7, 11) is 1.66. The average Bonchev–Trinajstić information content (AvgIpc) is 2.36. The summed E-state index contributed by atoms with van der Waals surface area (Å²) in [6.07, 6.45) is 1.45. The molecule has 0 radical (unpaired) electrons. The summed E-state index contributed by atoms with van der Waals surface area (Å²) in [6, 6.07) is 7.97. The Balaban J connectivity index is 2.02. The molecule has 116 valence electrons. The van der Waals surface area contributed by atoms with Crippen LogP contribution in [-0.4, -0.2) is 40.0 Å². The summed E-state index contributed by atoms with van der Waals surface area (Å²) in [5, 5.41) is 14.6. The van der Waals surface area contributed by atoms with Crippen LogP contribution in [-0.2, 0) is 6.42 Å². The van der Waals surface area contributed by atoms with Crippen LogP contribution in [0.3, 0.4) is 0 Å². The Hall–Kier alpha value is -1.33. The Kier molecular flexibility index (Phi) is 4.44. The first-order valence-electron chi connectivity index (χ1n) is 7.19. The predicted molar refractivity (Wildman–Crippen MR) is 88.5 cm³/mol. The fraction of sp³-hybridized carbons (Fsp3) is 0.562. The minimum absolute atomic E-state index is 0.183. The molecule has 1 aliphatic rings. The first kappa shape index (κ1) is 16.0. The van der Waals surface area contributed by atoms with Gasteiger partial charge in [0.15, 0.2) is 5.11 Å². The van der Waals surface area contributed by atoms with Crippen molar-refractivity contribution >= 4 is 17.3 Å². The molecule has 1 aliphatic heterocycles. The zero-order valence-electron chi connectivity index (χ0n) is 13.1. The van der Waals surface area contributed by atoms with Gasteiger partial charge in [0.2, 0.25) is 0 Å². The largest absolute Gasteiger partial charge is 0.497 e. The van der Waals surface area contributed by atoms with E-state index in [2.05, 4.69) is 19.2 Å². The number of aliphatic hydroxyl groups is 1. The van der Waals surface area contributed by atoms with E-state index in [0.717, 1.165) is 12.2 Å². The van der Waals surface area contributed by atoms with Gasteiger partial charge in [-0.15, -0.1) is 0 Å². The molecule has 0 saturated carbocycles. The predicted octanol–water partition coefficient (Wildman–Crippen LogP) is 2.31. The molecule has 1 aromatic carbocycles. The van der Waals surface area contributed by atoms with Crippen LogP contribution in [0.2, 0.25) is 0 Å². The van der Waals surface area contributed by atoms with E-state index in [4.69, 9.17) is 17.0 Å². The number of rotatable bonds is 4. The molecule has 1 aromatic rings. The van der Waals surface area contributed by atoms with E-state index in [1.54, 1.807) is 7.11 Å². The van der Waals surface area contributed by atoms with Crippen molar-refractivity contribution in [2.24, 2.45) is 0 Å². The Morgan fingerprint density at radius 2 is 1.90 bits per heavy atom. The zero-order valence-corrected chi connectivity index (χ0v) is 14.0. The van der Waals surface area contributed by atoms with Gasteiger partial charge in [-0.3, -0.25) is 0 Å². The lowest BCUT2D eigenvalue weighted by molar-refractivity contribution is -0.0876. The molecule has 1 fully saturated rings. The van der Waals surface area contributed by atoms with Crippen molar-refractivity contribution < 1.29 is 9.84 Å². The molecular formula is C16H24N2O2S. The Labute approximate surface area is 132 Å². The van der Waals surface area contributed by atoms with Crippen molar-refractivity contribution in [1.82, 2.24) is 10.2 Å². The molecule has 0 amide bonds. The summed E-state index contributed by atoms with van der Waals surface area (Å²) in [5.41, 5.74) is 0.0920. The van der Waals surface area contributed by atoms with Gasteiger partial charge in [-0.05, 0) is 57.1 Å². The van der Waals surface area contributed by atoms with Crippen LogP contribution in [0.1, 0.15) is 32.8 Å². The summed E-state index contributed by atoms with van der Waals surface area (Å²) < 4.78 is 5.16. The van der Waals surface area contributed by atoms with Gasteiger partial charge in [0.1, 0.15) is 11.5 Å². The number of ether oxygens (including phenoxy) is 1. The van der Waals surface area contributed by atoms with Gasteiger partial charge in [0.25, 0.3) is 0 Å². The Morgan fingerprint density at radius 3 is 2.43 bits per heavy atom. The molecule has 2 N–H and O–H groups in total. The normalized spacial score (nSPS) is 24.6. The molecule has 1 atom stereocenters. The lowest BCUT2D eigenvalue weighted by Crippen LogP contribution is -2.66. The molecule has 5 heteroatoms. The topological polar surface area (TPSA) is 44.7 Å². The van der Waals surface area contributed by atoms with Crippen LogP contribution in [0.25, 0.3) is 0 Å². The minimum atomic E-state index is -0.918. The standard InChI is InChI=1S/C16H24N2O2S/c1-15(2)11-16(3,19)18(14(21)17-15)10-9-12-5-7-13(20-4)8-6-12/h5-8,19H,9-11H2,1-4H3,(H,17,21)/t16-/m0/s1. The van der Waals surface area contributed by atoms with Crippen LogP contribution in [0.15, 0.2) is 24.3 Å². The van der Waals surface area contributed by atoms with Crippen LogP contribution in [0.4, 0.5) is 0 Å². The fourth-order valence-corrected chi connectivity index (χ4v) is 3.49. The van der Waals surface area contributed by atoms with Crippen molar-refractivity contribution in [2.45, 2.75) is 44.9 Å². The van der Waals surface area contributed by atoms with Gasteiger partial charge in [0.05, 0.1) is 7.11 Å². The highest BCUT2D eigenvalue weighted by Gasteiger charge is 2.42. The minimum Gasteiger partial charge on any atom is -0.497 e. The van der Waals surface area contributed by atoms with Gasteiger partial charge in [-0.2, -0.15) is 0 Å². The van der Waals surface area contributed by atoms with E-state index in [0.29, 0.717) is 18.1 Å². The van der Waals surface area contributed by atoms with Gasteiger partial charge in [-0.25, -0.2) is 0 Å². The molecule has 1 heterocycles. The SMILES string of the molecule is COc1ccc(CCN2C(=S)NC(C)(C)C[C@]2(C)O)cc1. The highest BCUT2D eigenvalue weighted by Crippen LogP contribution is 2.29. The summed E-state index contributed by atoms with van der Waals surface area (Å²) in [5.74, 6) is 0.850. The third-order valence-corrected chi connectivity index (χ3v) is 4.15. The number of hydrogen-bond donors (Lipinski definition) is 2. The molecule has 0 unspecified atom stereocenters. The van der Waals surface area contributed by atoms with E-state index < -0.39 is 5.72 Å². The van der Waals surface area contributed by atoms with Crippen LogP contribution < -0.4 is 10.1 Å². The van der Waals surface area contributed by atoms with Gasteiger partial charge >= 0.3 is 0 Å². The smallest absolute Gasteiger partial charge is 0.171 e. The molecule has 1 saturated heterocycles. The Bertz CT molecular complexity index is 512. The van der Waals surface area contributed by atoms with E-state index in [-0.39, 0.29) is 5.54 Å². The maximum absolute atomic E-state index is 10.7. The number of thiocarbonyl (C=S) groups is 1. The van der Waals surface area contributed by atoms with Crippen molar-refractivity contribution in [1.29, 1.82) is 0 Å². The number of methoxy groups -OCH3 is 1. The maximum atomic E-state index is 10.7. The number of hydrogen-bond acceptors (Lipinski definition) is 3. The molecule has 0 aromatic heterocycles. The van der Waals surface area contributed by atoms with Crippen molar-refractivity contribution in [2.75, 3.05) is 13.7 Å². The van der Waals surface area contributed by atoms with Gasteiger partial charge in [-0.1, -0.05) is 12.1 Å². The van der Waals surface area contributed by atoms with Crippen molar-refractivity contribution in [3.8, 4) is 5.75 Å². The first-order chi connectivity index (χ1) is 9.73. The highest BCUT2D eigenvalue weighted by atomic mass is 32.1. The van der Waals surface area contributed by atoms with Crippen LogP contribution in [0, 0.1) is 0 Å². The summed E-state index contributed by atoms with van der Waals surface area (Å²) in [4.78, 5) is 1.87. The molecule has 0 bridgehead atoms. The maximum Gasteiger partial charge on any atom is 0.171 e. The second-order valence-electron chi connectivity index (χ2n) is 6.46. The Morgan fingerprint density at radius 1 is 1.29 bits per heavy atom. The number of nitrogens with one attached hydrogen (secondary N) is 1. The van der Waals surface area contributed by atoms with E-state index in [1.165, 1.54) is 5.56 Å². The lowest BCUT2D eigenvalue weighted by Gasteiger charge is -2.49. The second-order valence-corrected chi connectivity index (χ2v) is 6.84. The van der Waals surface area contributed by atoms with E-state index in [1.807, 2.05) is 36.1 Å². The second kappa shape index (κ2) is 5.81. The lowest BCUT2D eigenvalue weighted by atomic mass is 9.90. The third kappa shape index (κ3) is 3.86. The highest BCUT2D eigenvalue weighted by molar-refractivity contribution is 7.80. The molecule has 0 aliphatic carbocycles. The quantitative estimate of drug-likeness (QED) is 0.836. The molecule has 2 rings (SSSR count). The molecule has 21 heavy (non-hydrogen) atoms.